The van der Waals surface area contributed by atoms with Crippen molar-refractivity contribution in [2.45, 2.75) is 39.3 Å². The molecule has 0 aliphatic carbocycles. The number of hydrogen-bond acceptors (Lipinski definition) is 2. The summed E-state index contributed by atoms with van der Waals surface area (Å²) in [5, 5.41) is 3.67. The van der Waals surface area contributed by atoms with Gasteiger partial charge >= 0.3 is 0 Å². The maximum atomic E-state index is 3.67. The monoisotopic (exact) mass is 258 g/mol. The summed E-state index contributed by atoms with van der Waals surface area (Å²) in [5.74, 6) is 0. The predicted octanol–water partition coefficient (Wildman–Crippen LogP) is 2.86. The van der Waals surface area contributed by atoms with Gasteiger partial charge in [0.1, 0.15) is 0 Å². The van der Waals surface area contributed by atoms with E-state index in [1.165, 1.54) is 11.1 Å². The lowest BCUT2D eigenvalue weighted by atomic mass is 10.0. The molecule has 2 rings (SSSR count). The van der Waals surface area contributed by atoms with Crippen LogP contribution in [0.5, 0.6) is 0 Å². The summed E-state index contributed by atoms with van der Waals surface area (Å²) in [6.07, 6.45) is 3.46. The average molecular weight is 258 g/mol. The molecule has 1 aromatic rings. The summed E-state index contributed by atoms with van der Waals surface area (Å²) in [4.78, 5) is 2.58. The summed E-state index contributed by atoms with van der Waals surface area (Å²) >= 11 is 0. The Balaban J connectivity index is 1.91. The lowest BCUT2D eigenvalue weighted by Gasteiger charge is -2.38. The highest BCUT2D eigenvalue weighted by Gasteiger charge is 2.23. The van der Waals surface area contributed by atoms with Crippen molar-refractivity contribution < 1.29 is 0 Å². The molecule has 0 saturated carbocycles. The first-order valence-corrected chi connectivity index (χ1v) is 7.30. The molecule has 0 radical (unpaired) electrons. The molecule has 2 atom stereocenters. The molecule has 19 heavy (non-hydrogen) atoms. The molecular formula is C17H26N2. The molecule has 1 N–H and O–H groups in total. The van der Waals surface area contributed by atoms with Crippen molar-refractivity contribution in [3.63, 3.8) is 0 Å². The number of nitrogens with zero attached hydrogens (tertiary/aromatic N) is 1. The van der Waals surface area contributed by atoms with Crippen LogP contribution in [0, 0.1) is 0 Å². The van der Waals surface area contributed by atoms with Gasteiger partial charge in [0.15, 0.2) is 0 Å². The second-order valence-electron chi connectivity index (χ2n) is 5.88. The summed E-state index contributed by atoms with van der Waals surface area (Å²) in [7, 11) is 0. The second-order valence-corrected chi connectivity index (χ2v) is 5.88. The number of hydrogen-bond donors (Lipinski definition) is 1. The summed E-state index contributed by atoms with van der Waals surface area (Å²) in [6, 6.07) is 12.0. The van der Waals surface area contributed by atoms with Gasteiger partial charge in [0.2, 0.25) is 0 Å². The van der Waals surface area contributed by atoms with Crippen LogP contribution in [0.4, 0.5) is 0 Å². The maximum absolute atomic E-state index is 3.67. The van der Waals surface area contributed by atoms with Crippen molar-refractivity contribution in [3.05, 3.63) is 47.5 Å². The molecule has 0 aromatic heterocycles. The summed E-state index contributed by atoms with van der Waals surface area (Å²) in [6.45, 7) is 9.97. The van der Waals surface area contributed by atoms with Gasteiger partial charge in [0, 0.05) is 31.7 Å². The third-order valence-corrected chi connectivity index (χ3v) is 3.84. The molecule has 1 aliphatic heterocycles. The number of nitrogens with one attached hydrogen (secondary N) is 1. The zero-order valence-corrected chi connectivity index (χ0v) is 12.4. The highest BCUT2D eigenvalue weighted by atomic mass is 15.2. The molecule has 2 nitrogen and oxygen atoms in total. The quantitative estimate of drug-likeness (QED) is 0.836. The fraction of sp³-hybridized carbons (Fsp3) is 0.529. The van der Waals surface area contributed by atoms with Gasteiger partial charge in [-0.3, -0.25) is 4.90 Å². The van der Waals surface area contributed by atoms with Crippen molar-refractivity contribution >= 4 is 0 Å². The third kappa shape index (κ3) is 4.48. The van der Waals surface area contributed by atoms with E-state index in [4.69, 9.17) is 0 Å². The van der Waals surface area contributed by atoms with Gasteiger partial charge in [0.25, 0.3) is 0 Å². The molecule has 1 aromatic carbocycles. The van der Waals surface area contributed by atoms with Gasteiger partial charge in [0.05, 0.1) is 0 Å². The van der Waals surface area contributed by atoms with Crippen LogP contribution in [0.2, 0.25) is 0 Å². The SMILES string of the molecule is CC(C)=CCN1CC(Cc2ccccc2)NCC1C. The van der Waals surface area contributed by atoms with Gasteiger partial charge in [-0.15, -0.1) is 0 Å². The number of allylic oxidation sites excluding steroid dienone is 1. The minimum atomic E-state index is 0.573. The Morgan fingerprint density at radius 3 is 2.74 bits per heavy atom. The molecule has 0 spiro atoms. The highest BCUT2D eigenvalue weighted by Crippen LogP contribution is 2.11. The van der Waals surface area contributed by atoms with Crippen LogP contribution in [0.15, 0.2) is 42.0 Å². The molecule has 2 unspecified atom stereocenters. The van der Waals surface area contributed by atoms with E-state index in [1.807, 2.05) is 0 Å². The lowest BCUT2D eigenvalue weighted by molar-refractivity contribution is 0.156. The zero-order chi connectivity index (χ0) is 13.7. The Hall–Kier alpha value is -1.12. The molecule has 104 valence electrons. The fourth-order valence-electron chi connectivity index (χ4n) is 2.58. The molecule has 0 bridgehead atoms. The van der Waals surface area contributed by atoms with Gasteiger partial charge in [-0.25, -0.2) is 0 Å². The van der Waals surface area contributed by atoms with Gasteiger partial charge in [-0.2, -0.15) is 0 Å². The van der Waals surface area contributed by atoms with Gasteiger partial charge < -0.3 is 5.32 Å². The summed E-state index contributed by atoms with van der Waals surface area (Å²) < 4.78 is 0. The summed E-state index contributed by atoms with van der Waals surface area (Å²) in [5.41, 5.74) is 2.84. The van der Waals surface area contributed by atoms with E-state index < -0.39 is 0 Å². The maximum Gasteiger partial charge on any atom is 0.0236 e. The minimum Gasteiger partial charge on any atom is -0.311 e. The molecule has 1 fully saturated rings. The first kappa shape index (κ1) is 14.3. The predicted molar refractivity (Wildman–Crippen MR) is 82.4 cm³/mol. The van der Waals surface area contributed by atoms with Crippen molar-refractivity contribution in [1.29, 1.82) is 0 Å². The number of rotatable bonds is 4. The van der Waals surface area contributed by atoms with Crippen LogP contribution in [-0.4, -0.2) is 36.6 Å². The largest absolute Gasteiger partial charge is 0.311 e. The Kier molecular flexibility index (Phi) is 5.17. The third-order valence-electron chi connectivity index (χ3n) is 3.84. The molecule has 2 heteroatoms. The Labute approximate surface area is 117 Å². The smallest absolute Gasteiger partial charge is 0.0236 e. The standard InChI is InChI=1S/C17H26N2/c1-14(2)9-10-19-13-17(18-12-15(19)3)11-16-7-5-4-6-8-16/h4-9,15,17-18H,10-13H2,1-3H3. The van der Waals surface area contributed by atoms with Gasteiger partial charge in [-0.05, 0) is 32.8 Å². The van der Waals surface area contributed by atoms with E-state index in [1.54, 1.807) is 0 Å². The van der Waals surface area contributed by atoms with E-state index >= 15 is 0 Å². The first-order chi connectivity index (χ1) is 9.15. The number of piperazine rings is 1. The average Bonchev–Trinajstić information content (AvgIpc) is 2.40. The van der Waals surface area contributed by atoms with Crippen LogP contribution < -0.4 is 5.32 Å². The normalized spacial score (nSPS) is 24.2. The van der Waals surface area contributed by atoms with Crippen molar-refractivity contribution in [1.82, 2.24) is 10.2 Å². The van der Waals surface area contributed by atoms with Gasteiger partial charge in [-0.1, -0.05) is 42.0 Å². The lowest BCUT2D eigenvalue weighted by Crippen LogP contribution is -2.56. The van der Waals surface area contributed by atoms with E-state index in [-0.39, 0.29) is 0 Å². The van der Waals surface area contributed by atoms with Crippen LogP contribution in [0.25, 0.3) is 0 Å². The molecule has 1 heterocycles. The van der Waals surface area contributed by atoms with E-state index in [0.717, 1.165) is 26.1 Å². The topological polar surface area (TPSA) is 15.3 Å². The second kappa shape index (κ2) is 6.88. The van der Waals surface area contributed by atoms with Crippen molar-refractivity contribution in [2.75, 3.05) is 19.6 Å². The van der Waals surface area contributed by atoms with Crippen LogP contribution >= 0.6 is 0 Å². The molecule has 1 saturated heterocycles. The van der Waals surface area contributed by atoms with E-state index in [0.29, 0.717) is 12.1 Å². The number of benzene rings is 1. The van der Waals surface area contributed by atoms with E-state index in [9.17, 15) is 0 Å². The Morgan fingerprint density at radius 2 is 2.05 bits per heavy atom. The zero-order valence-electron chi connectivity index (χ0n) is 12.4. The first-order valence-electron chi connectivity index (χ1n) is 7.30. The molecular weight excluding hydrogens is 232 g/mol. The Morgan fingerprint density at radius 1 is 1.32 bits per heavy atom. The minimum absolute atomic E-state index is 0.573. The Bertz CT molecular complexity index is 407. The highest BCUT2D eigenvalue weighted by molar-refractivity contribution is 5.16. The van der Waals surface area contributed by atoms with Crippen LogP contribution in [0.1, 0.15) is 26.3 Å². The molecule has 1 aliphatic rings. The molecule has 0 amide bonds. The fourth-order valence-corrected chi connectivity index (χ4v) is 2.58. The van der Waals surface area contributed by atoms with Crippen LogP contribution in [-0.2, 0) is 6.42 Å². The van der Waals surface area contributed by atoms with Crippen molar-refractivity contribution in [2.24, 2.45) is 0 Å². The van der Waals surface area contributed by atoms with Crippen molar-refractivity contribution in [3.8, 4) is 0 Å². The van der Waals surface area contributed by atoms with E-state index in [2.05, 4.69) is 67.4 Å². The van der Waals surface area contributed by atoms with Crippen LogP contribution in [0.3, 0.4) is 0 Å².